The Morgan fingerprint density at radius 3 is 2.50 bits per heavy atom. The molecule has 66 valence electrons. The van der Waals surface area contributed by atoms with Crippen LogP contribution in [-0.4, -0.2) is 9.97 Å². The van der Waals surface area contributed by atoms with Gasteiger partial charge in [0.25, 0.3) is 0 Å². The van der Waals surface area contributed by atoms with Gasteiger partial charge in [0.2, 0.25) is 0 Å². The van der Waals surface area contributed by atoms with E-state index < -0.39 is 5.54 Å². The van der Waals surface area contributed by atoms with Gasteiger partial charge >= 0.3 is 0 Å². The highest BCUT2D eigenvalue weighted by atomic mass is 79.9. The fourth-order valence-corrected chi connectivity index (χ4v) is 0.968. The van der Waals surface area contributed by atoms with Gasteiger partial charge in [-0.1, -0.05) is 0 Å². The number of aromatic nitrogens is 2. The molecule has 1 aromatic rings. The number of aryl methyl sites for hydroxylation is 1. The van der Waals surface area contributed by atoms with E-state index in [-0.39, 0.29) is 0 Å². The zero-order valence-corrected chi connectivity index (χ0v) is 9.01. The second kappa shape index (κ2) is 3.11. The first-order chi connectivity index (χ1) is 5.41. The maximum Gasteiger partial charge on any atom is 0.127 e. The van der Waals surface area contributed by atoms with Crippen molar-refractivity contribution in [3.05, 3.63) is 22.2 Å². The number of hydrogen-bond donors (Lipinski definition) is 1. The zero-order valence-electron chi connectivity index (χ0n) is 7.43. The highest BCUT2D eigenvalue weighted by Gasteiger charge is 2.16. The maximum absolute atomic E-state index is 5.86. The molecule has 0 spiro atoms. The molecule has 0 aromatic carbocycles. The summed E-state index contributed by atoms with van der Waals surface area (Å²) in [6.45, 7) is 5.71. The standard InChI is InChI=1S/C8H12BrN3/c1-5-7(9)11-4-6(12-5)8(2,3)10/h4H,10H2,1-3H3. The van der Waals surface area contributed by atoms with Crippen molar-refractivity contribution in [2.75, 3.05) is 0 Å². The van der Waals surface area contributed by atoms with Gasteiger partial charge < -0.3 is 5.73 Å². The SMILES string of the molecule is Cc1nc(C(C)(C)N)cnc1Br. The van der Waals surface area contributed by atoms with Gasteiger partial charge in [0.1, 0.15) is 4.60 Å². The van der Waals surface area contributed by atoms with Crippen LogP contribution in [0.15, 0.2) is 10.8 Å². The molecule has 0 fully saturated rings. The Labute approximate surface area is 80.5 Å². The number of nitrogens with two attached hydrogens (primary N) is 1. The van der Waals surface area contributed by atoms with Gasteiger partial charge in [-0.3, -0.25) is 4.98 Å². The van der Waals surface area contributed by atoms with Crippen LogP contribution in [0.3, 0.4) is 0 Å². The average molecular weight is 230 g/mol. The van der Waals surface area contributed by atoms with Crippen LogP contribution >= 0.6 is 15.9 Å². The first-order valence-electron chi connectivity index (χ1n) is 3.70. The van der Waals surface area contributed by atoms with Crippen molar-refractivity contribution in [3.63, 3.8) is 0 Å². The Balaban J connectivity index is 3.14. The molecule has 2 N–H and O–H groups in total. The van der Waals surface area contributed by atoms with Gasteiger partial charge in [0.15, 0.2) is 0 Å². The van der Waals surface area contributed by atoms with Crippen molar-refractivity contribution in [2.24, 2.45) is 5.73 Å². The zero-order chi connectivity index (χ0) is 9.35. The van der Waals surface area contributed by atoms with Gasteiger partial charge in [-0.05, 0) is 36.7 Å². The van der Waals surface area contributed by atoms with Gasteiger partial charge in [-0.2, -0.15) is 0 Å². The molecule has 1 rings (SSSR count). The summed E-state index contributed by atoms with van der Waals surface area (Å²) in [6.07, 6.45) is 1.69. The number of nitrogens with zero attached hydrogens (tertiary/aromatic N) is 2. The molecule has 1 heterocycles. The topological polar surface area (TPSA) is 51.8 Å². The summed E-state index contributed by atoms with van der Waals surface area (Å²) >= 11 is 3.28. The van der Waals surface area contributed by atoms with E-state index in [1.165, 1.54) is 0 Å². The molecule has 3 nitrogen and oxygen atoms in total. The van der Waals surface area contributed by atoms with Crippen molar-refractivity contribution in [1.82, 2.24) is 9.97 Å². The van der Waals surface area contributed by atoms with Crippen molar-refractivity contribution in [2.45, 2.75) is 26.3 Å². The summed E-state index contributed by atoms with van der Waals surface area (Å²) in [7, 11) is 0. The minimum atomic E-state index is -0.418. The number of rotatable bonds is 1. The van der Waals surface area contributed by atoms with Crippen molar-refractivity contribution in [1.29, 1.82) is 0 Å². The fourth-order valence-electron chi connectivity index (χ4n) is 0.777. The first-order valence-corrected chi connectivity index (χ1v) is 4.49. The van der Waals surface area contributed by atoms with E-state index >= 15 is 0 Å². The summed E-state index contributed by atoms with van der Waals surface area (Å²) in [5.41, 5.74) is 7.11. The quantitative estimate of drug-likeness (QED) is 0.799. The molecule has 0 radical (unpaired) electrons. The highest BCUT2D eigenvalue weighted by Crippen LogP contribution is 2.16. The number of hydrogen-bond acceptors (Lipinski definition) is 3. The van der Waals surface area contributed by atoms with Crippen LogP contribution in [0.1, 0.15) is 25.2 Å². The third-order valence-electron chi connectivity index (χ3n) is 1.55. The van der Waals surface area contributed by atoms with Crippen LogP contribution in [0.2, 0.25) is 0 Å². The second-order valence-corrected chi connectivity index (χ2v) is 4.10. The molecule has 4 heteroatoms. The van der Waals surface area contributed by atoms with E-state index in [9.17, 15) is 0 Å². The molecule has 1 aromatic heterocycles. The lowest BCUT2D eigenvalue weighted by Gasteiger charge is -2.17. The third-order valence-corrected chi connectivity index (χ3v) is 2.33. The number of halogens is 1. The van der Waals surface area contributed by atoms with Gasteiger partial charge in [0, 0.05) is 0 Å². The summed E-state index contributed by atoms with van der Waals surface area (Å²) < 4.78 is 0.774. The lowest BCUT2D eigenvalue weighted by atomic mass is 10.0. The van der Waals surface area contributed by atoms with Gasteiger partial charge in [0.05, 0.1) is 23.1 Å². The first kappa shape index (κ1) is 9.61. The molecular formula is C8H12BrN3. The predicted octanol–water partition coefficient (Wildman–Crippen LogP) is 1.74. The fraction of sp³-hybridized carbons (Fsp3) is 0.500. The van der Waals surface area contributed by atoms with Crippen molar-refractivity contribution < 1.29 is 0 Å². The van der Waals surface area contributed by atoms with Crippen LogP contribution in [-0.2, 0) is 5.54 Å². The highest BCUT2D eigenvalue weighted by molar-refractivity contribution is 9.10. The van der Waals surface area contributed by atoms with Gasteiger partial charge in [-0.15, -0.1) is 0 Å². The second-order valence-electron chi connectivity index (χ2n) is 3.35. The van der Waals surface area contributed by atoms with E-state index in [2.05, 4.69) is 25.9 Å². The van der Waals surface area contributed by atoms with Crippen LogP contribution in [0, 0.1) is 6.92 Å². The molecule has 0 atom stereocenters. The minimum absolute atomic E-state index is 0.418. The van der Waals surface area contributed by atoms with E-state index in [0.717, 1.165) is 16.0 Å². The molecule has 0 aliphatic rings. The lowest BCUT2D eigenvalue weighted by Crippen LogP contribution is -2.30. The molecule has 0 saturated heterocycles. The van der Waals surface area contributed by atoms with Crippen LogP contribution in [0.5, 0.6) is 0 Å². The summed E-state index contributed by atoms with van der Waals surface area (Å²) in [6, 6.07) is 0. The molecule has 0 aliphatic carbocycles. The Hall–Kier alpha value is -0.480. The molecule has 0 bridgehead atoms. The predicted molar refractivity (Wildman–Crippen MR) is 51.7 cm³/mol. The minimum Gasteiger partial charge on any atom is -0.321 e. The summed E-state index contributed by atoms with van der Waals surface area (Å²) in [4.78, 5) is 8.43. The van der Waals surface area contributed by atoms with Crippen LogP contribution in [0.25, 0.3) is 0 Å². The average Bonchev–Trinajstić information content (AvgIpc) is 1.92. The monoisotopic (exact) mass is 229 g/mol. The van der Waals surface area contributed by atoms with Crippen molar-refractivity contribution >= 4 is 15.9 Å². The Morgan fingerprint density at radius 1 is 1.50 bits per heavy atom. The van der Waals surface area contributed by atoms with Crippen molar-refractivity contribution in [3.8, 4) is 0 Å². The Kier molecular flexibility index (Phi) is 2.49. The third kappa shape index (κ3) is 2.01. The normalized spacial score (nSPS) is 11.8. The van der Waals surface area contributed by atoms with E-state index in [4.69, 9.17) is 5.73 Å². The smallest absolute Gasteiger partial charge is 0.127 e. The molecule has 0 saturated carbocycles. The molecule has 12 heavy (non-hydrogen) atoms. The lowest BCUT2D eigenvalue weighted by molar-refractivity contribution is 0.530. The largest absolute Gasteiger partial charge is 0.321 e. The summed E-state index contributed by atoms with van der Waals surface area (Å²) in [5, 5.41) is 0. The van der Waals surface area contributed by atoms with Gasteiger partial charge in [-0.25, -0.2) is 4.98 Å². The van der Waals surface area contributed by atoms with Crippen LogP contribution < -0.4 is 5.73 Å². The molecule has 0 amide bonds. The van der Waals surface area contributed by atoms with E-state index in [1.54, 1.807) is 6.20 Å². The van der Waals surface area contributed by atoms with E-state index in [1.807, 2.05) is 20.8 Å². The van der Waals surface area contributed by atoms with Crippen LogP contribution in [0.4, 0.5) is 0 Å². The summed E-state index contributed by atoms with van der Waals surface area (Å²) in [5.74, 6) is 0. The Bertz CT molecular complexity index is 291. The molecular weight excluding hydrogens is 218 g/mol. The molecule has 0 unspecified atom stereocenters. The molecule has 0 aliphatic heterocycles. The maximum atomic E-state index is 5.86. The Morgan fingerprint density at radius 2 is 2.08 bits per heavy atom. The van der Waals surface area contributed by atoms with E-state index in [0.29, 0.717) is 0 Å².